The number of ether oxygens (including phenoxy) is 1. The molecule has 1 fully saturated rings. The summed E-state index contributed by atoms with van der Waals surface area (Å²) >= 11 is 3.34. The lowest BCUT2D eigenvalue weighted by molar-refractivity contribution is 0.0416. The van der Waals surface area contributed by atoms with E-state index in [-0.39, 0.29) is 19.1 Å². The summed E-state index contributed by atoms with van der Waals surface area (Å²) in [5.41, 5.74) is 6.64. The van der Waals surface area contributed by atoms with Gasteiger partial charge in [-0.15, -0.1) is 0 Å². The van der Waals surface area contributed by atoms with E-state index in [1.165, 1.54) is 0 Å². The number of rotatable bonds is 4. The number of halogens is 1. The highest BCUT2D eigenvalue weighted by Crippen LogP contribution is 2.30. The quantitative estimate of drug-likeness (QED) is 0.910. The fraction of sp³-hybridized carbons (Fsp3) is 0.500. The minimum Gasteiger partial charge on any atom is -0.379 e. The van der Waals surface area contributed by atoms with Gasteiger partial charge in [0.05, 0.1) is 18.1 Å². The number of benzene rings is 1. The van der Waals surface area contributed by atoms with Crippen LogP contribution in [0.25, 0.3) is 0 Å². The van der Waals surface area contributed by atoms with Crippen LogP contribution in [0.4, 0.5) is 0 Å². The smallest absolute Gasteiger partial charge is 0.186 e. The van der Waals surface area contributed by atoms with Crippen molar-refractivity contribution in [1.29, 1.82) is 0 Å². The van der Waals surface area contributed by atoms with Gasteiger partial charge in [-0.2, -0.15) is 0 Å². The Morgan fingerprint density at radius 2 is 2.17 bits per heavy atom. The highest BCUT2D eigenvalue weighted by molar-refractivity contribution is 9.10. The molecule has 18 heavy (non-hydrogen) atoms. The Balaban J connectivity index is 2.35. The Morgan fingerprint density at radius 3 is 2.61 bits per heavy atom. The van der Waals surface area contributed by atoms with E-state index in [0.717, 1.165) is 5.56 Å². The summed E-state index contributed by atoms with van der Waals surface area (Å²) in [5.74, 6) is 0.213. The zero-order valence-electron chi connectivity index (χ0n) is 10.1. The number of hydrogen-bond donors (Lipinski definition) is 1. The van der Waals surface area contributed by atoms with Crippen LogP contribution >= 0.6 is 15.9 Å². The SMILES string of the molecule is CC(CN)c1ccc(S(=O)(=O)C2COC2)c(Br)c1. The maximum Gasteiger partial charge on any atom is 0.186 e. The summed E-state index contributed by atoms with van der Waals surface area (Å²) in [7, 11) is -3.29. The highest BCUT2D eigenvalue weighted by atomic mass is 79.9. The summed E-state index contributed by atoms with van der Waals surface area (Å²) < 4.78 is 30.1. The van der Waals surface area contributed by atoms with Crippen molar-refractivity contribution in [2.45, 2.75) is 23.0 Å². The van der Waals surface area contributed by atoms with E-state index in [1.807, 2.05) is 19.1 Å². The molecule has 0 bridgehead atoms. The Bertz CT molecular complexity index is 540. The van der Waals surface area contributed by atoms with Crippen LogP contribution in [0, 0.1) is 0 Å². The molecule has 1 saturated heterocycles. The first-order chi connectivity index (χ1) is 8.46. The molecule has 1 aliphatic heterocycles. The predicted octanol–water partition coefficient (Wildman–Crippen LogP) is 1.68. The molecular formula is C12H16BrNO3S. The maximum atomic E-state index is 12.3. The zero-order chi connectivity index (χ0) is 13.3. The second kappa shape index (κ2) is 5.28. The van der Waals surface area contributed by atoms with Crippen LogP contribution in [0.1, 0.15) is 18.4 Å². The van der Waals surface area contributed by atoms with Crippen molar-refractivity contribution in [1.82, 2.24) is 0 Å². The van der Waals surface area contributed by atoms with Crippen LogP contribution in [0.2, 0.25) is 0 Å². The summed E-state index contributed by atoms with van der Waals surface area (Å²) in [6, 6.07) is 5.32. The van der Waals surface area contributed by atoms with Gasteiger partial charge < -0.3 is 10.5 Å². The molecule has 1 aliphatic rings. The average molecular weight is 334 g/mol. The lowest BCUT2D eigenvalue weighted by Gasteiger charge is -2.26. The summed E-state index contributed by atoms with van der Waals surface area (Å²) in [4.78, 5) is 0.337. The second-order valence-electron chi connectivity index (χ2n) is 4.53. The molecule has 100 valence electrons. The van der Waals surface area contributed by atoms with Gasteiger partial charge in [0.1, 0.15) is 5.25 Å². The van der Waals surface area contributed by atoms with E-state index in [2.05, 4.69) is 15.9 Å². The standard InChI is InChI=1S/C12H16BrNO3S/c1-8(5-14)9-2-3-12(11(13)4-9)18(15,16)10-6-17-7-10/h2-4,8,10H,5-7,14H2,1H3. The Hall–Kier alpha value is -0.430. The van der Waals surface area contributed by atoms with Crippen LogP contribution in [-0.4, -0.2) is 33.4 Å². The van der Waals surface area contributed by atoms with Crippen LogP contribution in [0.15, 0.2) is 27.6 Å². The van der Waals surface area contributed by atoms with Crippen LogP contribution < -0.4 is 5.73 Å². The van der Waals surface area contributed by atoms with Gasteiger partial charge in [0.2, 0.25) is 0 Å². The lowest BCUT2D eigenvalue weighted by Crippen LogP contribution is -2.40. The normalized spacial score (nSPS) is 18.4. The van der Waals surface area contributed by atoms with Crippen LogP contribution in [-0.2, 0) is 14.6 Å². The van der Waals surface area contributed by atoms with Crippen LogP contribution in [0.5, 0.6) is 0 Å². The molecule has 2 rings (SSSR count). The van der Waals surface area contributed by atoms with Gasteiger partial charge in [-0.25, -0.2) is 8.42 Å². The van der Waals surface area contributed by atoms with E-state index in [1.54, 1.807) is 6.07 Å². The Morgan fingerprint density at radius 1 is 1.50 bits per heavy atom. The lowest BCUT2D eigenvalue weighted by atomic mass is 10.0. The first-order valence-corrected chi connectivity index (χ1v) is 8.12. The molecule has 0 amide bonds. The van der Waals surface area contributed by atoms with E-state index in [4.69, 9.17) is 10.5 Å². The molecule has 1 unspecified atom stereocenters. The number of sulfone groups is 1. The fourth-order valence-corrected chi connectivity index (χ4v) is 4.33. The van der Waals surface area contributed by atoms with Gasteiger partial charge in [0.15, 0.2) is 9.84 Å². The average Bonchev–Trinajstić information content (AvgIpc) is 2.24. The summed E-state index contributed by atoms with van der Waals surface area (Å²) in [5, 5.41) is -0.411. The van der Waals surface area contributed by atoms with Gasteiger partial charge in [-0.3, -0.25) is 0 Å². The van der Waals surface area contributed by atoms with E-state index in [9.17, 15) is 8.42 Å². The van der Waals surface area contributed by atoms with Crippen molar-refractivity contribution in [3.05, 3.63) is 28.2 Å². The largest absolute Gasteiger partial charge is 0.379 e. The topological polar surface area (TPSA) is 69.4 Å². The number of hydrogen-bond acceptors (Lipinski definition) is 4. The molecule has 0 spiro atoms. The molecule has 0 radical (unpaired) electrons. The van der Waals surface area contributed by atoms with Gasteiger partial charge in [0, 0.05) is 4.47 Å². The zero-order valence-corrected chi connectivity index (χ0v) is 12.5. The van der Waals surface area contributed by atoms with E-state index in [0.29, 0.717) is 15.9 Å². The molecule has 4 nitrogen and oxygen atoms in total. The Kier molecular flexibility index (Phi) is 4.11. The molecule has 6 heteroatoms. The van der Waals surface area contributed by atoms with Crippen molar-refractivity contribution < 1.29 is 13.2 Å². The molecular weight excluding hydrogens is 318 g/mol. The summed E-state index contributed by atoms with van der Waals surface area (Å²) in [6.07, 6.45) is 0. The molecule has 0 saturated carbocycles. The molecule has 1 heterocycles. The van der Waals surface area contributed by atoms with Gasteiger partial charge in [-0.05, 0) is 46.1 Å². The minimum absolute atomic E-state index is 0.213. The van der Waals surface area contributed by atoms with Crippen molar-refractivity contribution in [2.24, 2.45) is 5.73 Å². The van der Waals surface area contributed by atoms with E-state index >= 15 is 0 Å². The minimum atomic E-state index is -3.29. The third-order valence-corrected chi connectivity index (χ3v) is 6.27. The maximum absolute atomic E-state index is 12.3. The first kappa shape index (κ1) is 14.0. The molecule has 1 aromatic carbocycles. The fourth-order valence-electron chi connectivity index (χ4n) is 1.76. The van der Waals surface area contributed by atoms with E-state index < -0.39 is 15.1 Å². The van der Waals surface area contributed by atoms with Crippen LogP contribution in [0.3, 0.4) is 0 Å². The third kappa shape index (κ3) is 2.47. The molecule has 2 N–H and O–H groups in total. The van der Waals surface area contributed by atoms with Gasteiger partial charge in [-0.1, -0.05) is 13.0 Å². The van der Waals surface area contributed by atoms with Crippen molar-refractivity contribution in [2.75, 3.05) is 19.8 Å². The molecule has 0 aromatic heterocycles. The highest BCUT2D eigenvalue weighted by Gasteiger charge is 2.35. The van der Waals surface area contributed by atoms with Crippen molar-refractivity contribution in [3.63, 3.8) is 0 Å². The predicted molar refractivity (Wildman–Crippen MR) is 73.4 cm³/mol. The van der Waals surface area contributed by atoms with Gasteiger partial charge in [0.25, 0.3) is 0 Å². The Labute approximate surface area is 116 Å². The first-order valence-electron chi connectivity index (χ1n) is 5.78. The van der Waals surface area contributed by atoms with Gasteiger partial charge >= 0.3 is 0 Å². The second-order valence-corrected chi connectivity index (χ2v) is 7.58. The van der Waals surface area contributed by atoms with Crippen molar-refractivity contribution >= 4 is 25.8 Å². The summed E-state index contributed by atoms with van der Waals surface area (Å²) in [6.45, 7) is 3.12. The number of nitrogens with two attached hydrogens (primary N) is 1. The van der Waals surface area contributed by atoms with Crippen molar-refractivity contribution in [3.8, 4) is 0 Å². The molecule has 1 atom stereocenters. The molecule has 0 aliphatic carbocycles. The monoisotopic (exact) mass is 333 g/mol. The third-order valence-electron chi connectivity index (χ3n) is 3.23. The molecule has 1 aromatic rings.